The third-order valence-electron chi connectivity index (χ3n) is 15.2. The van der Waals surface area contributed by atoms with E-state index in [1.54, 1.807) is 13.0 Å². The van der Waals surface area contributed by atoms with Crippen molar-refractivity contribution in [3.8, 4) is 23.0 Å². The number of carboxylic acids is 1. The van der Waals surface area contributed by atoms with Crippen molar-refractivity contribution in [1.82, 2.24) is 0 Å². The molecule has 8 rings (SSSR count). The van der Waals surface area contributed by atoms with Crippen LogP contribution >= 0.6 is 0 Å². The van der Waals surface area contributed by atoms with Crippen LogP contribution < -0.4 is 10.2 Å². The molecule has 2 aromatic carbocycles. The minimum atomic E-state index is -0.641. The first-order valence-electron chi connectivity index (χ1n) is 19.2. The predicted octanol–water partition coefficient (Wildman–Crippen LogP) is 9.41. The first-order chi connectivity index (χ1) is 24.3. The van der Waals surface area contributed by atoms with Gasteiger partial charge in [-0.1, -0.05) is 46.3 Å². The molecule has 280 valence electrons. The maximum atomic E-state index is 12.3. The highest BCUT2D eigenvalue weighted by Crippen LogP contribution is 2.74. The molecule has 4 N–H and O–H groups in total. The maximum absolute atomic E-state index is 12.3. The summed E-state index contributed by atoms with van der Waals surface area (Å²) in [5, 5.41) is 41.5. The molecular formula is C44H56O8. The summed E-state index contributed by atoms with van der Waals surface area (Å²) in [6.45, 7) is 18.0. The molecule has 52 heavy (non-hydrogen) atoms. The van der Waals surface area contributed by atoms with Gasteiger partial charge in [0.15, 0.2) is 16.9 Å². The molecule has 4 aliphatic carbocycles. The predicted molar refractivity (Wildman–Crippen MR) is 201 cm³/mol. The van der Waals surface area contributed by atoms with Gasteiger partial charge in [0.05, 0.1) is 12.0 Å². The van der Waals surface area contributed by atoms with Crippen molar-refractivity contribution in [1.29, 1.82) is 0 Å². The molecule has 7 atom stereocenters. The SMILES string of the molecule is Cc1c(O)c(O)cc2c1CC=C1C2(C)CCC2(C)C3CC(C)(C(=O)O)CCC3(C)CCC12C.Cc1cc(=O)c2c(O)c3c(cc2o1)OCC(C)CC3. The number of aryl methyl sites for hydroxylation is 1. The number of aromatic hydroxyl groups is 3. The number of hydrogen-bond acceptors (Lipinski definition) is 7. The maximum Gasteiger partial charge on any atom is 0.309 e. The van der Waals surface area contributed by atoms with Gasteiger partial charge in [-0.15, -0.1) is 0 Å². The van der Waals surface area contributed by atoms with E-state index in [1.165, 1.54) is 17.2 Å². The highest BCUT2D eigenvalue weighted by Gasteiger charge is 2.67. The summed E-state index contributed by atoms with van der Waals surface area (Å²) in [5.74, 6) is 1.31. The summed E-state index contributed by atoms with van der Waals surface area (Å²) < 4.78 is 11.2. The third-order valence-corrected chi connectivity index (χ3v) is 15.2. The van der Waals surface area contributed by atoms with Gasteiger partial charge in [-0.25, -0.2) is 0 Å². The molecule has 3 saturated carbocycles. The summed E-state index contributed by atoms with van der Waals surface area (Å²) in [7, 11) is 0. The largest absolute Gasteiger partial charge is 0.507 e. The number of benzene rings is 2. The number of fused-ring (bicyclic) bond motifs is 9. The Bertz CT molecular complexity index is 2080. The Hall–Kier alpha value is -3.94. The average molecular weight is 713 g/mol. The van der Waals surface area contributed by atoms with Gasteiger partial charge < -0.3 is 29.6 Å². The fraction of sp³-hybridized carbons (Fsp3) is 0.591. The van der Waals surface area contributed by atoms with Crippen molar-refractivity contribution < 1.29 is 34.4 Å². The van der Waals surface area contributed by atoms with Crippen molar-refractivity contribution in [2.45, 2.75) is 125 Å². The number of hydrogen-bond donors (Lipinski definition) is 4. The van der Waals surface area contributed by atoms with Crippen LogP contribution in [0.2, 0.25) is 0 Å². The normalized spacial score (nSPS) is 34.8. The van der Waals surface area contributed by atoms with Crippen LogP contribution in [0, 0.1) is 47.3 Å². The Balaban J connectivity index is 0.000000187. The Morgan fingerprint density at radius 3 is 2.31 bits per heavy atom. The number of carbonyl (C=O) groups is 1. The number of ether oxygens (including phenoxy) is 1. The molecule has 0 amide bonds. The minimum Gasteiger partial charge on any atom is -0.507 e. The zero-order valence-electron chi connectivity index (χ0n) is 32.2. The van der Waals surface area contributed by atoms with Crippen molar-refractivity contribution in [3.63, 3.8) is 0 Å². The lowest BCUT2D eigenvalue weighted by Crippen LogP contribution is -2.62. The lowest BCUT2D eigenvalue weighted by Gasteiger charge is -2.69. The molecule has 5 aliphatic rings. The Morgan fingerprint density at radius 1 is 0.885 bits per heavy atom. The van der Waals surface area contributed by atoms with E-state index >= 15 is 0 Å². The molecule has 2 heterocycles. The zero-order chi connectivity index (χ0) is 37.8. The van der Waals surface area contributed by atoms with Gasteiger partial charge in [0, 0.05) is 23.1 Å². The minimum absolute atomic E-state index is 0.00431. The standard InChI is InChI=1S/C29H40O4.C15H16O4/c1-17-18-7-8-21-27(4,19(18)15-20(30)23(17)31)12-14-29(6)22-16-26(3,24(32)33)10-9-25(22,2)11-13-28(21,29)5;1-8-3-4-10-12(18-7-8)6-13-14(15(10)17)11(16)5-9(2)19-13/h8,15,22,30-31H,7,9-14,16H2,1-6H3,(H,32,33);5-6,8,17H,3-4,7H2,1-2H3. The van der Waals surface area contributed by atoms with E-state index in [-0.39, 0.29) is 49.7 Å². The van der Waals surface area contributed by atoms with Gasteiger partial charge in [-0.05, 0) is 136 Å². The van der Waals surface area contributed by atoms with Crippen molar-refractivity contribution >= 4 is 16.9 Å². The van der Waals surface area contributed by atoms with E-state index in [9.17, 15) is 30.0 Å². The summed E-state index contributed by atoms with van der Waals surface area (Å²) in [5.41, 5.74) is 4.89. The summed E-state index contributed by atoms with van der Waals surface area (Å²) in [4.78, 5) is 24.2. The quantitative estimate of drug-likeness (QED) is 0.145. The van der Waals surface area contributed by atoms with Crippen LogP contribution in [0.4, 0.5) is 0 Å². The van der Waals surface area contributed by atoms with Crippen LogP contribution in [0.25, 0.3) is 11.0 Å². The Labute approximate surface area is 306 Å². The number of aliphatic carboxylic acids is 1. The number of phenols is 3. The van der Waals surface area contributed by atoms with E-state index in [2.05, 4.69) is 40.7 Å². The monoisotopic (exact) mass is 712 g/mol. The lowest BCUT2D eigenvalue weighted by atomic mass is 9.34. The molecule has 1 aliphatic heterocycles. The van der Waals surface area contributed by atoms with Crippen LogP contribution in [0.1, 0.15) is 121 Å². The van der Waals surface area contributed by atoms with Gasteiger partial charge in [0.2, 0.25) is 0 Å². The molecular weight excluding hydrogens is 656 g/mol. The van der Waals surface area contributed by atoms with E-state index < -0.39 is 11.4 Å². The molecule has 0 spiro atoms. The fourth-order valence-corrected chi connectivity index (χ4v) is 11.4. The molecule has 8 nitrogen and oxygen atoms in total. The highest BCUT2D eigenvalue weighted by molar-refractivity contribution is 5.87. The average Bonchev–Trinajstić information content (AvgIpc) is 3.27. The van der Waals surface area contributed by atoms with Crippen LogP contribution in [-0.2, 0) is 23.1 Å². The van der Waals surface area contributed by atoms with Gasteiger partial charge >= 0.3 is 5.97 Å². The molecule has 0 bridgehead atoms. The highest BCUT2D eigenvalue weighted by atomic mass is 16.5. The number of allylic oxidation sites excluding steroid dienone is 2. The third kappa shape index (κ3) is 5.20. The van der Waals surface area contributed by atoms with Gasteiger partial charge in [-0.2, -0.15) is 0 Å². The van der Waals surface area contributed by atoms with Crippen molar-refractivity contribution in [2.75, 3.05) is 6.61 Å². The van der Waals surface area contributed by atoms with E-state index in [4.69, 9.17) is 9.15 Å². The zero-order valence-corrected chi connectivity index (χ0v) is 32.2. The Morgan fingerprint density at radius 2 is 1.60 bits per heavy atom. The molecule has 0 saturated heterocycles. The fourth-order valence-electron chi connectivity index (χ4n) is 11.4. The van der Waals surface area contributed by atoms with Crippen LogP contribution in [0.5, 0.6) is 23.0 Å². The second-order valence-corrected chi connectivity index (χ2v) is 18.3. The van der Waals surface area contributed by atoms with Gasteiger partial charge in [-0.3, -0.25) is 9.59 Å². The molecule has 3 fully saturated rings. The lowest BCUT2D eigenvalue weighted by molar-refractivity contribution is -0.177. The van der Waals surface area contributed by atoms with Crippen molar-refractivity contribution in [2.24, 2.45) is 33.5 Å². The second kappa shape index (κ2) is 12.0. The van der Waals surface area contributed by atoms with Crippen molar-refractivity contribution in [3.05, 3.63) is 68.1 Å². The summed E-state index contributed by atoms with van der Waals surface area (Å²) in [6, 6.07) is 4.93. The van der Waals surface area contributed by atoms with Crippen LogP contribution in [-0.4, -0.2) is 33.0 Å². The van der Waals surface area contributed by atoms with Crippen LogP contribution in [0.3, 0.4) is 0 Å². The van der Waals surface area contributed by atoms with E-state index in [1.807, 2.05) is 19.9 Å². The first-order valence-corrected chi connectivity index (χ1v) is 19.2. The summed E-state index contributed by atoms with van der Waals surface area (Å²) in [6.07, 6.45) is 11.7. The molecule has 3 aromatic rings. The smallest absolute Gasteiger partial charge is 0.309 e. The molecule has 8 heteroatoms. The van der Waals surface area contributed by atoms with Gasteiger partial charge in [0.25, 0.3) is 0 Å². The van der Waals surface area contributed by atoms with E-state index in [0.29, 0.717) is 47.5 Å². The summed E-state index contributed by atoms with van der Waals surface area (Å²) >= 11 is 0. The topological polar surface area (TPSA) is 137 Å². The first kappa shape index (κ1) is 36.4. The number of phenolic OH excluding ortho intramolecular Hbond substituents is 3. The van der Waals surface area contributed by atoms with Gasteiger partial charge in [0.1, 0.15) is 28.2 Å². The second-order valence-electron chi connectivity index (χ2n) is 18.3. The Kier molecular flexibility index (Phi) is 8.43. The molecule has 0 radical (unpaired) electrons. The number of rotatable bonds is 1. The molecule has 1 aromatic heterocycles. The van der Waals surface area contributed by atoms with Crippen LogP contribution in [0.15, 0.2) is 39.1 Å². The number of carboxylic acid groups (broad SMARTS) is 1. The van der Waals surface area contributed by atoms with E-state index in [0.717, 1.165) is 68.9 Å². The molecule has 7 unspecified atom stereocenters.